The molecule has 2 aliphatic heterocycles. The van der Waals surface area contributed by atoms with E-state index in [4.69, 9.17) is 9.47 Å². The molecule has 10 heteroatoms. The number of ether oxygens (including phenoxy) is 2. The Kier molecular flexibility index (Phi) is 6.02. The SMILES string of the molecule is O=C1N[C@H]2CN(C(=O)CCC3CCC3)C[C@@H]2OCc2cn(nn2)CCOc2cccnc21. The first kappa shape index (κ1) is 20.9. The minimum atomic E-state index is -0.344. The Labute approximate surface area is 186 Å². The van der Waals surface area contributed by atoms with Crippen molar-refractivity contribution in [3.8, 4) is 5.75 Å². The van der Waals surface area contributed by atoms with Crippen molar-refractivity contribution in [2.24, 2.45) is 5.92 Å². The summed E-state index contributed by atoms with van der Waals surface area (Å²) in [6, 6.07) is 3.11. The average molecular weight is 441 g/mol. The van der Waals surface area contributed by atoms with Gasteiger partial charge < -0.3 is 19.7 Å². The molecule has 0 aromatic carbocycles. The lowest BCUT2D eigenvalue weighted by atomic mass is 9.82. The van der Waals surface area contributed by atoms with Gasteiger partial charge in [-0.2, -0.15) is 0 Å². The van der Waals surface area contributed by atoms with Crippen LogP contribution < -0.4 is 10.1 Å². The van der Waals surface area contributed by atoms with Crippen LogP contribution >= 0.6 is 0 Å². The molecule has 1 saturated carbocycles. The number of nitrogens with zero attached hydrogens (tertiary/aromatic N) is 5. The molecule has 2 bridgehead atoms. The predicted octanol–water partition coefficient (Wildman–Crippen LogP) is 1.17. The Morgan fingerprint density at radius 2 is 2.19 bits per heavy atom. The summed E-state index contributed by atoms with van der Waals surface area (Å²) >= 11 is 0. The van der Waals surface area contributed by atoms with Crippen LogP contribution in [0.2, 0.25) is 0 Å². The van der Waals surface area contributed by atoms with E-state index >= 15 is 0 Å². The van der Waals surface area contributed by atoms with Gasteiger partial charge in [-0.15, -0.1) is 5.10 Å². The lowest BCUT2D eigenvalue weighted by Crippen LogP contribution is -2.44. The summed E-state index contributed by atoms with van der Waals surface area (Å²) in [6.07, 6.45) is 8.26. The lowest BCUT2D eigenvalue weighted by Gasteiger charge is -2.26. The predicted molar refractivity (Wildman–Crippen MR) is 113 cm³/mol. The van der Waals surface area contributed by atoms with Crippen LogP contribution in [0.3, 0.4) is 0 Å². The molecule has 2 aromatic rings. The Morgan fingerprint density at radius 1 is 1.28 bits per heavy atom. The van der Waals surface area contributed by atoms with Crippen LogP contribution in [0.5, 0.6) is 5.75 Å². The van der Waals surface area contributed by atoms with E-state index < -0.39 is 0 Å². The van der Waals surface area contributed by atoms with Gasteiger partial charge in [0, 0.05) is 25.7 Å². The number of hydrogen-bond acceptors (Lipinski definition) is 7. The van der Waals surface area contributed by atoms with Crippen molar-refractivity contribution in [3.63, 3.8) is 0 Å². The Balaban J connectivity index is 1.33. The molecule has 1 aliphatic carbocycles. The highest BCUT2D eigenvalue weighted by Gasteiger charge is 2.38. The topological polar surface area (TPSA) is 111 Å². The molecule has 5 rings (SSSR count). The standard InChI is InChI=1S/C22H28N6O4/c29-20(7-6-15-3-1-4-15)27-12-17-19(13-27)32-14-16-11-28(26-25-16)9-10-31-18-5-2-8-23-21(18)22(30)24-17/h2,5,8,11,15,17,19H,1,3-4,6-7,9-10,12-14H2,(H,24,30)/t17-,19-/m0/s1. The van der Waals surface area contributed by atoms with E-state index in [-0.39, 0.29) is 36.3 Å². The van der Waals surface area contributed by atoms with Crippen LogP contribution in [0.4, 0.5) is 0 Å². The van der Waals surface area contributed by atoms with Crippen molar-refractivity contribution in [2.75, 3.05) is 19.7 Å². The minimum absolute atomic E-state index is 0.118. The number of aromatic nitrogens is 4. The summed E-state index contributed by atoms with van der Waals surface area (Å²) in [6.45, 7) is 1.92. The highest BCUT2D eigenvalue weighted by molar-refractivity contribution is 5.95. The molecule has 10 nitrogen and oxygen atoms in total. The first-order valence-electron chi connectivity index (χ1n) is 11.3. The van der Waals surface area contributed by atoms with Crippen LogP contribution in [-0.4, -0.2) is 68.5 Å². The van der Waals surface area contributed by atoms with Gasteiger partial charge in [-0.3, -0.25) is 9.59 Å². The third-order valence-electron chi connectivity index (χ3n) is 6.52. The van der Waals surface area contributed by atoms with E-state index in [1.807, 2.05) is 6.20 Å². The minimum Gasteiger partial charge on any atom is -0.489 e. The van der Waals surface area contributed by atoms with Crippen LogP contribution in [0, 0.1) is 5.92 Å². The van der Waals surface area contributed by atoms with Gasteiger partial charge in [-0.1, -0.05) is 24.5 Å². The lowest BCUT2D eigenvalue weighted by molar-refractivity contribution is -0.131. The maximum Gasteiger partial charge on any atom is 0.274 e. The number of carbonyl (C=O) groups excluding carboxylic acids is 2. The van der Waals surface area contributed by atoms with E-state index in [0.717, 1.165) is 6.42 Å². The summed E-state index contributed by atoms with van der Waals surface area (Å²) in [4.78, 5) is 31.9. The highest BCUT2D eigenvalue weighted by Crippen LogP contribution is 2.31. The number of hydrogen-bond donors (Lipinski definition) is 1. The average Bonchev–Trinajstić information content (AvgIpc) is 3.38. The first-order valence-corrected chi connectivity index (χ1v) is 11.3. The summed E-state index contributed by atoms with van der Waals surface area (Å²) in [5, 5.41) is 11.3. The van der Waals surface area contributed by atoms with Gasteiger partial charge in [0.1, 0.15) is 12.3 Å². The quantitative estimate of drug-likeness (QED) is 0.763. The molecule has 0 spiro atoms. The Bertz CT molecular complexity index is 975. The molecule has 1 N–H and O–H groups in total. The number of pyridine rings is 1. The van der Waals surface area contributed by atoms with Crippen molar-refractivity contribution < 1.29 is 19.1 Å². The van der Waals surface area contributed by atoms with Crippen molar-refractivity contribution in [1.29, 1.82) is 0 Å². The molecule has 32 heavy (non-hydrogen) atoms. The maximum absolute atomic E-state index is 13.0. The van der Waals surface area contributed by atoms with Crippen LogP contribution in [0.25, 0.3) is 0 Å². The Morgan fingerprint density at radius 3 is 3.03 bits per heavy atom. The summed E-state index contributed by atoms with van der Waals surface area (Å²) in [5.41, 5.74) is 0.918. The number of rotatable bonds is 3. The zero-order valence-electron chi connectivity index (χ0n) is 18.0. The molecule has 0 radical (unpaired) electrons. The maximum atomic E-state index is 13.0. The van der Waals surface area contributed by atoms with Gasteiger partial charge in [0.05, 0.1) is 31.5 Å². The highest BCUT2D eigenvalue weighted by atomic mass is 16.5. The number of likely N-dealkylation sites (tertiary alicyclic amines) is 1. The third-order valence-corrected chi connectivity index (χ3v) is 6.52. The number of fused-ring (bicyclic) bond motifs is 4. The first-order chi connectivity index (χ1) is 15.7. The van der Waals surface area contributed by atoms with Gasteiger partial charge in [0.2, 0.25) is 5.91 Å². The molecule has 2 fully saturated rings. The van der Waals surface area contributed by atoms with E-state index in [0.29, 0.717) is 50.0 Å². The number of carbonyl (C=O) groups is 2. The zero-order valence-corrected chi connectivity index (χ0v) is 18.0. The van der Waals surface area contributed by atoms with Gasteiger partial charge >= 0.3 is 0 Å². The molecule has 1 saturated heterocycles. The normalized spacial score (nSPS) is 23.9. The van der Waals surface area contributed by atoms with Crippen molar-refractivity contribution in [1.82, 2.24) is 30.2 Å². The molecule has 4 heterocycles. The molecule has 2 amide bonds. The number of amides is 2. The second kappa shape index (κ2) is 9.23. The van der Waals surface area contributed by atoms with Gasteiger partial charge in [0.15, 0.2) is 11.4 Å². The molecule has 0 unspecified atom stereocenters. The van der Waals surface area contributed by atoms with Gasteiger partial charge in [0.25, 0.3) is 5.91 Å². The van der Waals surface area contributed by atoms with E-state index in [9.17, 15) is 9.59 Å². The molecule has 2 atom stereocenters. The molecule has 2 aromatic heterocycles. The summed E-state index contributed by atoms with van der Waals surface area (Å²) in [5.74, 6) is 0.875. The number of nitrogens with one attached hydrogen (secondary N) is 1. The van der Waals surface area contributed by atoms with Crippen LogP contribution in [0.15, 0.2) is 24.5 Å². The fraction of sp³-hybridized carbons (Fsp3) is 0.591. The molecule has 3 aliphatic rings. The molecular weight excluding hydrogens is 412 g/mol. The fourth-order valence-electron chi connectivity index (χ4n) is 4.42. The second-order valence-corrected chi connectivity index (χ2v) is 8.74. The molecule has 170 valence electrons. The summed E-state index contributed by atoms with van der Waals surface area (Å²) < 4.78 is 13.6. The fourth-order valence-corrected chi connectivity index (χ4v) is 4.42. The van der Waals surface area contributed by atoms with Crippen molar-refractivity contribution >= 4 is 11.8 Å². The smallest absolute Gasteiger partial charge is 0.274 e. The van der Waals surface area contributed by atoms with Crippen LogP contribution in [0.1, 0.15) is 48.3 Å². The molecular formula is C22H28N6O4. The third kappa shape index (κ3) is 4.59. The zero-order chi connectivity index (χ0) is 21.9. The van der Waals surface area contributed by atoms with E-state index in [2.05, 4.69) is 20.6 Å². The summed E-state index contributed by atoms with van der Waals surface area (Å²) in [7, 11) is 0. The van der Waals surface area contributed by atoms with Crippen molar-refractivity contribution in [3.05, 3.63) is 35.9 Å². The Hall–Kier alpha value is -3.01. The van der Waals surface area contributed by atoms with Crippen molar-refractivity contribution in [2.45, 2.75) is 57.4 Å². The van der Waals surface area contributed by atoms with Gasteiger partial charge in [-0.05, 0) is 24.5 Å². The largest absolute Gasteiger partial charge is 0.489 e. The monoisotopic (exact) mass is 440 g/mol. The van der Waals surface area contributed by atoms with E-state index in [1.165, 1.54) is 19.3 Å². The van der Waals surface area contributed by atoms with E-state index in [1.54, 1.807) is 27.9 Å². The van der Waals surface area contributed by atoms with Gasteiger partial charge in [-0.25, -0.2) is 9.67 Å². The van der Waals surface area contributed by atoms with Crippen LogP contribution in [-0.2, 0) is 22.7 Å². The second-order valence-electron chi connectivity index (χ2n) is 8.74.